The van der Waals surface area contributed by atoms with Crippen molar-refractivity contribution in [3.05, 3.63) is 35.7 Å². The lowest BCUT2D eigenvalue weighted by Crippen LogP contribution is -2.32. The van der Waals surface area contributed by atoms with E-state index in [1.807, 2.05) is 16.8 Å². The third-order valence-electron chi connectivity index (χ3n) is 4.89. The van der Waals surface area contributed by atoms with Crippen molar-refractivity contribution in [3.63, 3.8) is 0 Å². The van der Waals surface area contributed by atoms with Crippen LogP contribution in [0, 0.1) is 0 Å². The van der Waals surface area contributed by atoms with Gasteiger partial charge in [0.15, 0.2) is 5.82 Å². The van der Waals surface area contributed by atoms with Gasteiger partial charge in [-0.2, -0.15) is 0 Å². The standard InChI is InChI=1S/C18H25N5O2/c1-24-17-7-3-2-5-14(17)11-22(12-16-6-4-10-25-16)13-18-19-20-21-23(18)15-8-9-15/h2-3,5,7,15-16H,4,6,8-13H2,1H3/t16-/m1/s1. The first-order valence-corrected chi connectivity index (χ1v) is 9.06. The Morgan fingerprint density at radius 2 is 2.12 bits per heavy atom. The number of benzene rings is 1. The molecule has 25 heavy (non-hydrogen) atoms. The number of hydrogen-bond donors (Lipinski definition) is 0. The minimum Gasteiger partial charge on any atom is -0.496 e. The Balaban J connectivity index is 1.51. The fourth-order valence-corrected chi connectivity index (χ4v) is 3.45. The number of nitrogens with zero attached hydrogens (tertiary/aromatic N) is 5. The summed E-state index contributed by atoms with van der Waals surface area (Å²) in [5.74, 6) is 1.86. The van der Waals surface area contributed by atoms with Gasteiger partial charge in [0, 0.05) is 25.3 Å². The van der Waals surface area contributed by atoms with E-state index in [2.05, 4.69) is 32.6 Å². The van der Waals surface area contributed by atoms with Crippen molar-refractivity contribution >= 4 is 0 Å². The molecule has 1 aliphatic carbocycles. The summed E-state index contributed by atoms with van der Waals surface area (Å²) in [5, 5.41) is 12.3. The van der Waals surface area contributed by atoms with Crippen molar-refractivity contribution in [2.45, 2.75) is 50.9 Å². The van der Waals surface area contributed by atoms with Gasteiger partial charge in [0.25, 0.3) is 0 Å². The van der Waals surface area contributed by atoms with E-state index in [1.54, 1.807) is 7.11 Å². The van der Waals surface area contributed by atoms with Crippen LogP contribution in [0.5, 0.6) is 5.75 Å². The molecular weight excluding hydrogens is 318 g/mol. The van der Waals surface area contributed by atoms with Crippen molar-refractivity contribution in [1.29, 1.82) is 0 Å². The third-order valence-corrected chi connectivity index (χ3v) is 4.89. The fraction of sp³-hybridized carbons (Fsp3) is 0.611. The summed E-state index contributed by atoms with van der Waals surface area (Å²) < 4.78 is 13.4. The van der Waals surface area contributed by atoms with Gasteiger partial charge < -0.3 is 9.47 Å². The average molecular weight is 343 g/mol. The molecule has 4 rings (SSSR count). The first kappa shape index (κ1) is 16.5. The van der Waals surface area contributed by atoms with E-state index in [4.69, 9.17) is 9.47 Å². The van der Waals surface area contributed by atoms with Crippen LogP contribution in [0.25, 0.3) is 0 Å². The first-order chi connectivity index (χ1) is 12.3. The van der Waals surface area contributed by atoms with Crippen LogP contribution < -0.4 is 4.74 Å². The summed E-state index contributed by atoms with van der Waals surface area (Å²) in [6.07, 6.45) is 4.91. The molecule has 2 aromatic rings. The van der Waals surface area contributed by atoms with Crippen molar-refractivity contribution in [3.8, 4) is 5.75 Å². The number of aromatic nitrogens is 4. The van der Waals surface area contributed by atoms with Gasteiger partial charge in [0.05, 0.1) is 25.8 Å². The quantitative estimate of drug-likeness (QED) is 0.732. The number of ether oxygens (including phenoxy) is 2. The van der Waals surface area contributed by atoms with Gasteiger partial charge in [0.2, 0.25) is 0 Å². The molecule has 0 radical (unpaired) electrons. The second-order valence-electron chi connectivity index (χ2n) is 6.89. The maximum Gasteiger partial charge on any atom is 0.165 e. The molecule has 1 saturated carbocycles. The molecule has 7 heteroatoms. The Morgan fingerprint density at radius 3 is 2.88 bits per heavy atom. The highest BCUT2D eigenvalue weighted by Crippen LogP contribution is 2.34. The molecule has 1 aliphatic heterocycles. The normalized spacial score (nSPS) is 20.3. The van der Waals surface area contributed by atoms with Crippen molar-refractivity contribution < 1.29 is 9.47 Å². The second kappa shape index (κ2) is 7.49. The lowest BCUT2D eigenvalue weighted by Gasteiger charge is -2.25. The van der Waals surface area contributed by atoms with Crippen molar-refractivity contribution in [2.75, 3.05) is 20.3 Å². The van der Waals surface area contributed by atoms with Crippen molar-refractivity contribution in [2.24, 2.45) is 0 Å². The Hall–Kier alpha value is -1.99. The molecule has 7 nitrogen and oxygen atoms in total. The van der Waals surface area contributed by atoms with Gasteiger partial charge in [-0.15, -0.1) is 5.10 Å². The van der Waals surface area contributed by atoms with Gasteiger partial charge in [-0.3, -0.25) is 4.90 Å². The molecule has 1 aromatic heterocycles. The van der Waals surface area contributed by atoms with E-state index in [1.165, 1.54) is 18.4 Å². The molecule has 0 unspecified atom stereocenters. The minimum atomic E-state index is 0.292. The Morgan fingerprint density at radius 1 is 1.24 bits per heavy atom. The molecule has 1 saturated heterocycles. The molecule has 0 spiro atoms. The van der Waals surface area contributed by atoms with Gasteiger partial charge in [-0.05, 0) is 42.2 Å². The summed E-state index contributed by atoms with van der Waals surface area (Å²) >= 11 is 0. The highest BCUT2D eigenvalue weighted by atomic mass is 16.5. The largest absolute Gasteiger partial charge is 0.496 e. The van der Waals surface area contributed by atoms with E-state index in [-0.39, 0.29) is 0 Å². The van der Waals surface area contributed by atoms with Crippen LogP contribution in [0.15, 0.2) is 24.3 Å². The number of para-hydroxylation sites is 1. The number of hydrogen-bond acceptors (Lipinski definition) is 6. The molecular formula is C18H25N5O2. The van der Waals surface area contributed by atoms with Crippen LogP contribution in [0.2, 0.25) is 0 Å². The van der Waals surface area contributed by atoms with Crippen LogP contribution in [-0.4, -0.2) is 51.5 Å². The summed E-state index contributed by atoms with van der Waals surface area (Å²) in [7, 11) is 1.72. The summed E-state index contributed by atoms with van der Waals surface area (Å²) in [6, 6.07) is 8.66. The SMILES string of the molecule is COc1ccccc1CN(Cc1nnnn1C1CC1)C[C@H]1CCCO1. The van der Waals surface area contributed by atoms with Gasteiger partial charge in [0.1, 0.15) is 5.75 Å². The topological polar surface area (TPSA) is 65.3 Å². The lowest BCUT2D eigenvalue weighted by atomic mass is 10.1. The third kappa shape index (κ3) is 3.99. The highest BCUT2D eigenvalue weighted by molar-refractivity contribution is 5.33. The van der Waals surface area contributed by atoms with Gasteiger partial charge >= 0.3 is 0 Å². The second-order valence-corrected chi connectivity index (χ2v) is 6.89. The van der Waals surface area contributed by atoms with E-state index in [0.717, 1.165) is 50.7 Å². The zero-order valence-electron chi connectivity index (χ0n) is 14.7. The molecule has 0 amide bonds. The van der Waals surface area contributed by atoms with Crippen LogP contribution in [0.4, 0.5) is 0 Å². The number of methoxy groups -OCH3 is 1. The lowest BCUT2D eigenvalue weighted by molar-refractivity contribution is 0.0661. The zero-order valence-corrected chi connectivity index (χ0v) is 14.7. The van der Waals surface area contributed by atoms with Crippen LogP contribution in [0.1, 0.15) is 43.1 Å². The molecule has 1 atom stereocenters. The summed E-state index contributed by atoms with van der Waals surface area (Å²) in [5.41, 5.74) is 1.17. The number of rotatable bonds is 8. The Kier molecular flexibility index (Phi) is 4.94. The van der Waals surface area contributed by atoms with Gasteiger partial charge in [-0.25, -0.2) is 4.68 Å². The van der Waals surface area contributed by atoms with Gasteiger partial charge in [-0.1, -0.05) is 18.2 Å². The van der Waals surface area contributed by atoms with E-state index >= 15 is 0 Å². The average Bonchev–Trinajstić information content (AvgIpc) is 3.14. The molecule has 2 aliphatic rings. The van der Waals surface area contributed by atoms with E-state index < -0.39 is 0 Å². The number of tetrazole rings is 1. The zero-order chi connectivity index (χ0) is 17.1. The fourth-order valence-electron chi connectivity index (χ4n) is 3.45. The van der Waals surface area contributed by atoms with Crippen LogP contribution in [-0.2, 0) is 17.8 Å². The first-order valence-electron chi connectivity index (χ1n) is 9.06. The molecule has 2 fully saturated rings. The summed E-state index contributed by atoms with van der Waals surface area (Å²) in [4.78, 5) is 2.37. The highest BCUT2D eigenvalue weighted by Gasteiger charge is 2.29. The van der Waals surface area contributed by atoms with Crippen LogP contribution >= 0.6 is 0 Å². The maximum atomic E-state index is 5.86. The minimum absolute atomic E-state index is 0.292. The predicted octanol–water partition coefficient (Wildman–Crippen LogP) is 2.20. The van der Waals surface area contributed by atoms with E-state index in [9.17, 15) is 0 Å². The Labute approximate surface area is 147 Å². The molecule has 2 heterocycles. The molecule has 0 bridgehead atoms. The molecule has 134 valence electrons. The smallest absolute Gasteiger partial charge is 0.165 e. The van der Waals surface area contributed by atoms with Crippen LogP contribution in [0.3, 0.4) is 0 Å². The predicted molar refractivity (Wildman–Crippen MR) is 92.2 cm³/mol. The van der Waals surface area contributed by atoms with E-state index in [0.29, 0.717) is 12.1 Å². The van der Waals surface area contributed by atoms with Crippen molar-refractivity contribution in [1.82, 2.24) is 25.1 Å². The monoisotopic (exact) mass is 343 g/mol. The molecule has 1 aromatic carbocycles. The Bertz CT molecular complexity index is 694. The molecule has 0 N–H and O–H groups in total. The summed E-state index contributed by atoms with van der Waals surface area (Å²) in [6.45, 7) is 3.27. The maximum absolute atomic E-state index is 5.86.